The number of hydrogen-bond acceptors (Lipinski definition) is 4. The Morgan fingerprint density at radius 2 is 1.74 bits per heavy atom. The Morgan fingerprint density at radius 1 is 1.06 bits per heavy atom. The maximum absolute atomic E-state index is 13.6. The van der Waals surface area contributed by atoms with Crippen LogP contribution in [0.1, 0.15) is 48.9 Å². The smallest absolute Gasteiger partial charge is 0.233 e. The van der Waals surface area contributed by atoms with Crippen LogP contribution in [-0.4, -0.2) is 41.4 Å². The molecule has 1 saturated carbocycles. The van der Waals surface area contributed by atoms with E-state index < -0.39 is 14.6 Å². The number of para-hydroxylation sites is 1. The number of aryl methyl sites for hydroxylation is 1. The second-order valence-electron chi connectivity index (χ2n) is 8.54. The number of amides is 1. The largest absolute Gasteiger partial charge is 0.358 e. The van der Waals surface area contributed by atoms with Crippen LogP contribution in [0, 0.1) is 6.92 Å². The number of sulfone groups is 1. The Morgan fingerprint density at radius 3 is 2.42 bits per heavy atom. The van der Waals surface area contributed by atoms with Gasteiger partial charge in [0.15, 0.2) is 9.84 Å². The molecule has 2 aromatic carbocycles. The first kappa shape index (κ1) is 21.6. The van der Waals surface area contributed by atoms with Crippen molar-refractivity contribution in [3.8, 4) is 0 Å². The van der Waals surface area contributed by atoms with Crippen LogP contribution < -0.4 is 0 Å². The van der Waals surface area contributed by atoms with Crippen molar-refractivity contribution in [3.05, 3.63) is 65.4 Å². The van der Waals surface area contributed by atoms with Gasteiger partial charge in [-0.05, 0) is 55.5 Å². The van der Waals surface area contributed by atoms with E-state index in [1.165, 1.54) is 10.9 Å². The zero-order valence-corrected chi connectivity index (χ0v) is 18.5. The van der Waals surface area contributed by atoms with Crippen LogP contribution in [0.3, 0.4) is 0 Å². The number of nitrogens with zero attached hydrogens (tertiary/aromatic N) is 1. The van der Waals surface area contributed by atoms with Crippen LogP contribution in [0.2, 0.25) is 0 Å². The lowest BCUT2D eigenvalue weighted by Crippen LogP contribution is -2.49. The Balaban J connectivity index is 1.63. The predicted octanol–water partition coefficient (Wildman–Crippen LogP) is 4.39. The first-order chi connectivity index (χ1) is 14.9. The monoisotopic (exact) mass is 440 g/mol. The average Bonchev–Trinajstić information content (AvgIpc) is 3.09. The molecule has 0 saturated heterocycles. The van der Waals surface area contributed by atoms with Gasteiger partial charge in [0.25, 0.3) is 0 Å². The van der Waals surface area contributed by atoms with Gasteiger partial charge in [0, 0.05) is 16.6 Å². The molecule has 1 aliphatic rings. The summed E-state index contributed by atoms with van der Waals surface area (Å²) in [5.41, 5.74) is 4.44. The third-order valence-corrected chi connectivity index (χ3v) is 9.12. The fourth-order valence-electron chi connectivity index (χ4n) is 4.84. The van der Waals surface area contributed by atoms with Crippen molar-refractivity contribution < 1.29 is 18.4 Å². The molecule has 1 aromatic heterocycles. The zero-order valence-electron chi connectivity index (χ0n) is 17.7. The number of hydrogen-bond donors (Lipinski definition) is 2. The van der Waals surface area contributed by atoms with E-state index >= 15 is 0 Å². The zero-order chi connectivity index (χ0) is 22.1. The molecule has 1 amide bonds. The lowest BCUT2D eigenvalue weighted by Gasteiger charge is -2.37. The summed E-state index contributed by atoms with van der Waals surface area (Å²) < 4.78 is 26.0. The molecule has 1 heterocycles. The molecule has 3 aromatic rings. The second kappa shape index (κ2) is 8.48. The molecule has 0 atom stereocenters. The van der Waals surface area contributed by atoms with E-state index in [2.05, 4.69) is 24.0 Å². The molecule has 0 bridgehead atoms. The van der Waals surface area contributed by atoms with Crippen molar-refractivity contribution in [1.82, 2.24) is 10.0 Å². The minimum Gasteiger partial charge on any atom is -0.358 e. The van der Waals surface area contributed by atoms with Gasteiger partial charge in [-0.1, -0.05) is 49.6 Å². The highest BCUT2D eigenvalue weighted by atomic mass is 32.2. The van der Waals surface area contributed by atoms with Gasteiger partial charge in [-0.2, -0.15) is 0 Å². The van der Waals surface area contributed by atoms with E-state index in [1.54, 1.807) is 12.1 Å². The Bertz CT molecular complexity index is 1180. The number of benzene rings is 2. The van der Waals surface area contributed by atoms with Gasteiger partial charge >= 0.3 is 0 Å². The Hall–Kier alpha value is -2.64. The minimum absolute atomic E-state index is 0.199. The number of fused-ring (bicyclic) bond motifs is 1. The van der Waals surface area contributed by atoms with Gasteiger partial charge in [-0.15, -0.1) is 0 Å². The average molecular weight is 441 g/mol. The van der Waals surface area contributed by atoms with E-state index in [4.69, 9.17) is 0 Å². The van der Waals surface area contributed by atoms with Crippen molar-refractivity contribution in [1.29, 1.82) is 0 Å². The highest BCUT2D eigenvalue weighted by molar-refractivity contribution is 7.92. The van der Waals surface area contributed by atoms with Gasteiger partial charge in [-0.25, -0.2) is 13.5 Å². The molecule has 6 nitrogen and oxygen atoms in total. The fourth-order valence-corrected chi connectivity index (χ4v) is 6.97. The fraction of sp³-hybridized carbons (Fsp3) is 0.375. The van der Waals surface area contributed by atoms with E-state index in [1.807, 2.05) is 24.3 Å². The van der Waals surface area contributed by atoms with E-state index in [9.17, 15) is 18.4 Å². The molecule has 2 N–H and O–H groups in total. The molecular formula is C24H28N2O4S. The van der Waals surface area contributed by atoms with Crippen LogP contribution in [0.5, 0.6) is 0 Å². The lowest BCUT2D eigenvalue weighted by molar-refractivity contribution is -0.151. The number of hydroxylamine groups is 2. The van der Waals surface area contributed by atoms with Gasteiger partial charge in [0.1, 0.15) is 0 Å². The molecule has 0 radical (unpaired) electrons. The summed E-state index contributed by atoms with van der Waals surface area (Å²) in [4.78, 5) is 14.6. The first-order valence-corrected chi connectivity index (χ1v) is 12.2. The molecule has 4 rings (SSSR count). The van der Waals surface area contributed by atoms with E-state index in [0.717, 1.165) is 36.0 Å². The molecule has 0 spiro atoms. The number of aromatic nitrogens is 1. The SMILES string of the molecule is Cc1[nH]c2ccccc2c1Cc1ccc(S(=O)(=O)C2(CN(O)C=O)CCCCC2)cc1. The quantitative estimate of drug-likeness (QED) is 0.324. The molecule has 164 valence electrons. The van der Waals surface area contributed by atoms with Crippen LogP contribution in [0.4, 0.5) is 0 Å². The maximum Gasteiger partial charge on any atom is 0.233 e. The number of aromatic amines is 1. The van der Waals surface area contributed by atoms with Crippen molar-refractivity contribution >= 4 is 27.2 Å². The highest BCUT2D eigenvalue weighted by Crippen LogP contribution is 2.39. The van der Waals surface area contributed by atoms with Crippen molar-refractivity contribution in [2.75, 3.05) is 6.54 Å². The van der Waals surface area contributed by atoms with Gasteiger partial charge < -0.3 is 4.98 Å². The van der Waals surface area contributed by atoms with Gasteiger partial charge in [-0.3, -0.25) is 10.0 Å². The summed E-state index contributed by atoms with van der Waals surface area (Å²) in [5, 5.41) is 11.4. The summed E-state index contributed by atoms with van der Waals surface area (Å²) in [7, 11) is -3.72. The molecular weight excluding hydrogens is 412 g/mol. The number of rotatable bonds is 7. The van der Waals surface area contributed by atoms with Crippen LogP contribution >= 0.6 is 0 Å². The van der Waals surface area contributed by atoms with Crippen LogP contribution in [-0.2, 0) is 21.1 Å². The molecule has 7 heteroatoms. The van der Waals surface area contributed by atoms with Crippen molar-refractivity contribution in [2.24, 2.45) is 0 Å². The van der Waals surface area contributed by atoms with Gasteiger partial charge in [0.2, 0.25) is 6.41 Å². The maximum atomic E-state index is 13.6. The van der Waals surface area contributed by atoms with Crippen molar-refractivity contribution in [2.45, 2.75) is 55.1 Å². The third kappa shape index (κ3) is 4.00. The molecule has 0 unspecified atom stereocenters. The molecule has 1 fully saturated rings. The van der Waals surface area contributed by atoms with Crippen LogP contribution in [0.15, 0.2) is 53.4 Å². The topological polar surface area (TPSA) is 90.5 Å². The number of nitrogens with one attached hydrogen (secondary N) is 1. The summed E-state index contributed by atoms with van der Waals surface area (Å²) in [5.74, 6) is 0. The molecule has 0 aliphatic heterocycles. The third-order valence-electron chi connectivity index (χ3n) is 6.55. The number of carbonyl (C=O) groups excluding carboxylic acids is 1. The normalized spacial score (nSPS) is 16.3. The molecule has 1 aliphatic carbocycles. The minimum atomic E-state index is -3.72. The Labute approximate surface area is 182 Å². The first-order valence-electron chi connectivity index (χ1n) is 10.7. The number of carbonyl (C=O) groups is 1. The van der Waals surface area contributed by atoms with Gasteiger partial charge in [0.05, 0.1) is 16.2 Å². The summed E-state index contributed by atoms with van der Waals surface area (Å²) in [6.45, 7) is 1.85. The molecule has 31 heavy (non-hydrogen) atoms. The standard InChI is InChI=1S/C24H28N2O4S/c1-18-22(21-7-3-4-8-23(21)25-18)15-19-9-11-20(12-10-19)31(29,30)24(16-26(28)17-27)13-5-2-6-14-24/h3-4,7-12,17,25,28H,2,5-6,13-16H2,1H3. The summed E-state index contributed by atoms with van der Waals surface area (Å²) in [6.07, 6.45) is 4.36. The van der Waals surface area contributed by atoms with E-state index in [-0.39, 0.29) is 17.9 Å². The van der Waals surface area contributed by atoms with E-state index in [0.29, 0.717) is 24.3 Å². The Kier molecular flexibility index (Phi) is 5.90. The van der Waals surface area contributed by atoms with Crippen LogP contribution in [0.25, 0.3) is 10.9 Å². The van der Waals surface area contributed by atoms with Crippen molar-refractivity contribution in [3.63, 3.8) is 0 Å². The predicted molar refractivity (Wildman–Crippen MR) is 120 cm³/mol. The second-order valence-corrected chi connectivity index (χ2v) is 10.9. The number of H-pyrrole nitrogens is 1. The highest BCUT2D eigenvalue weighted by Gasteiger charge is 2.46. The lowest BCUT2D eigenvalue weighted by atomic mass is 9.88. The summed E-state index contributed by atoms with van der Waals surface area (Å²) >= 11 is 0. The summed E-state index contributed by atoms with van der Waals surface area (Å²) in [6, 6.07) is 15.2.